The summed E-state index contributed by atoms with van der Waals surface area (Å²) in [5, 5.41) is 17.2. The molecule has 0 aliphatic carbocycles. The molecule has 0 saturated heterocycles. The smallest absolute Gasteiger partial charge is 0.252 e. The molecule has 3 nitrogen and oxygen atoms in total. The maximum Gasteiger partial charge on any atom is 0.252 e. The first kappa shape index (κ1) is 12.8. The van der Waals surface area contributed by atoms with Crippen LogP contribution in [-0.2, 0) is 6.54 Å². The topological polar surface area (TPSA) is 49.3 Å². The lowest BCUT2D eigenvalue weighted by atomic mass is 10.2. The van der Waals surface area contributed by atoms with Gasteiger partial charge >= 0.3 is 0 Å². The molecule has 2 N–H and O–H groups in total. The van der Waals surface area contributed by atoms with Gasteiger partial charge in [-0.1, -0.05) is 11.8 Å². The Balaban J connectivity index is 1.94. The van der Waals surface area contributed by atoms with Gasteiger partial charge in [0.1, 0.15) is 6.61 Å². The van der Waals surface area contributed by atoms with E-state index in [4.69, 9.17) is 5.11 Å². The third-order valence-electron chi connectivity index (χ3n) is 2.19. The highest BCUT2D eigenvalue weighted by molar-refractivity contribution is 7.10. The minimum absolute atomic E-state index is 0.102. The molecule has 5 heteroatoms. The molecule has 92 valence electrons. The van der Waals surface area contributed by atoms with E-state index in [9.17, 15) is 4.79 Å². The summed E-state index contributed by atoms with van der Waals surface area (Å²) in [6.07, 6.45) is 0. The number of aliphatic hydroxyl groups excluding tert-OH is 1. The molecule has 0 spiro atoms. The predicted molar refractivity (Wildman–Crippen MR) is 73.8 cm³/mol. The maximum absolute atomic E-state index is 11.8. The van der Waals surface area contributed by atoms with Crippen LogP contribution in [0.4, 0.5) is 0 Å². The number of rotatable bonds is 3. The molecule has 0 saturated carbocycles. The van der Waals surface area contributed by atoms with Crippen LogP contribution in [-0.4, -0.2) is 17.6 Å². The Kier molecular flexibility index (Phi) is 4.53. The summed E-state index contributed by atoms with van der Waals surface area (Å²) < 4.78 is 0. The molecule has 18 heavy (non-hydrogen) atoms. The molecule has 0 aliphatic heterocycles. The molecule has 0 unspecified atom stereocenters. The van der Waals surface area contributed by atoms with Crippen LogP contribution < -0.4 is 5.32 Å². The Morgan fingerprint density at radius 1 is 1.44 bits per heavy atom. The van der Waals surface area contributed by atoms with Gasteiger partial charge in [-0.3, -0.25) is 4.79 Å². The molecular weight excluding hydrogens is 266 g/mol. The highest BCUT2D eigenvalue weighted by Gasteiger charge is 2.07. The monoisotopic (exact) mass is 277 g/mol. The van der Waals surface area contributed by atoms with Crippen LogP contribution >= 0.6 is 22.7 Å². The number of nitrogens with one attached hydrogen (secondary N) is 1. The van der Waals surface area contributed by atoms with Gasteiger partial charge in [-0.2, -0.15) is 11.3 Å². The Morgan fingerprint density at radius 2 is 2.33 bits per heavy atom. The fraction of sp³-hybridized carbons (Fsp3) is 0.154. The van der Waals surface area contributed by atoms with Crippen molar-refractivity contribution >= 4 is 28.6 Å². The van der Waals surface area contributed by atoms with Gasteiger partial charge in [-0.25, -0.2) is 0 Å². The zero-order chi connectivity index (χ0) is 12.8. The largest absolute Gasteiger partial charge is 0.384 e. The quantitative estimate of drug-likeness (QED) is 0.844. The first-order chi connectivity index (χ1) is 8.79. The Morgan fingerprint density at radius 3 is 3.06 bits per heavy atom. The molecular formula is C13H11NO2S2. The molecule has 2 heterocycles. The van der Waals surface area contributed by atoms with E-state index in [-0.39, 0.29) is 12.5 Å². The van der Waals surface area contributed by atoms with Crippen molar-refractivity contribution in [3.63, 3.8) is 0 Å². The van der Waals surface area contributed by atoms with E-state index in [1.54, 1.807) is 22.8 Å². The first-order valence-corrected chi connectivity index (χ1v) is 7.09. The summed E-state index contributed by atoms with van der Waals surface area (Å²) in [7, 11) is 0. The molecule has 0 fully saturated rings. The number of amides is 1. The van der Waals surface area contributed by atoms with Gasteiger partial charge in [-0.05, 0) is 28.5 Å². The van der Waals surface area contributed by atoms with Crippen molar-refractivity contribution in [3.8, 4) is 11.8 Å². The predicted octanol–water partition coefficient (Wildman–Crippen LogP) is 2.08. The van der Waals surface area contributed by atoms with Crippen LogP contribution in [0.5, 0.6) is 0 Å². The molecule has 0 aromatic carbocycles. The number of aliphatic hydroxyl groups is 1. The van der Waals surface area contributed by atoms with E-state index in [0.717, 1.165) is 10.4 Å². The zero-order valence-corrected chi connectivity index (χ0v) is 11.1. The Hall–Kier alpha value is -1.61. The summed E-state index contributed by atoms with van der Waals surface area (Å²) >= 11 is 3.01. The molecule has 0 bridgehead atoms. The Labute approximate surface area is 113 Å². The SMILES string of the molecule is O=C(NCc1ccsc1)c1csc(C#CCO)c1. The first-order valence-electron chi connectivity index (χ1n) is 5.27. The van der Waals surface area contributed by atoms with Crippen LogP contribution in [0.15, 0.2) is 28.3 Å². The van der Waals surface area contributed by atoms with Crippen molar-refractivity contribution in [2.45, 2.75) is 6.54 Å². The van der Waals surface area contributed by atoms with Gasteiger partial charge in [0.25, 0.3) is 5.91 Å². The number of hydrogen-bond donors (Lipinski definition) is 2. The van der Waals surface area contributed by atoms with Crippen molar-refractivity contribution in [2.24, 2.45) is 0 Å². The van der Waals surface area contributed by atoms with Gasteiger partial charge in [-0.15, -0.1) is 11.3 Å². The third-order valence-corrected chi connectivity index (χ3v) is 3.76. The second-order valence-corrected chi connectivity index (χ2v) is 5.17. The van der Waals surface area contributed by atoms with Crippen LogP contribution in [0.3, 0.4) is 0 Å². The van der Waals surface area contributed by atoms with Gasteiger partial charge < -0.3 is 10.4 Å². The van der Waals surface area contributed by atoms with Crippen molar-refractivity contribution < 1.29 is 9.90 Å². The molecule has 1 amide bonds. The Bertz CT molecular complexity index is 576. The van der Waals surface area contributed by atoms with Gasteiger partial charge in [0, 0.05) is 11.9 Å². The van der Waals surface area contributed by atoms with Crippen molar-refractivity contribution in [3.05, 3.63) is 44.3 Å². The summed E-state index contributed by atoms with van der Waals surface area (Å²) in [6, 6.07) is 3.72. The normalized spacial score (nSPS) is 9.61. The average Bonchev–Trinajstić information content (AvgIpc) is 3.04. The van der Waals surface area contributed by atoms with Crippen LogP contribution in [0, 0.1) is 11.8 Å². The molecule has 2 rings (SSSR count). The van der Waals surface area contributed by atoms with Crippen LogP contribution in [0.2, 0.25) is 0 Å². The van der Waals surface area contributed by atoms with E-state index in [2.05, 4.69) is 17.2 Å². The van der Waals surface area contributed by atoms with E-state index in [1.165, 1.54) is 11.3 Å². The average molecular weight is 277 g/mol. The minimum Gasteiger partial charge on any atom is -0.384 e. The minimum atomic E-state index is -0.169. The van der Waals surface area contributed by atoms with Crippen molar-refractivity contribution in [1.29, 1.82) is 0 Å². The lowest BCUT2D eigenvalue weighted by Crippen LogP contribution is -2.21. The second kappa shape index (κ2) is 6.36. The molecule has 0 aliphatic rings. The van der Waals surface area contributed by atoms with E-state index in [0.29, 0.717) is 12.1 Å². The van der Waals surface area contributed by atoms with Crippen LogP contribution in [0.25, 0.3) is 0 Å². The second-order valence-electron chi connectivity index (χ2n) is 3.47. The number of hydrogen-bond acceptors (Lipinski definition) is 4. The molecule has 0 atom stereocenters. The highest BCUT2D eigenvalue weighted by atomic mass is 32.1. The van der Waals surface area contributed by atoms with Gasteiger partial charge in [0.2, 0.25) is 0 Å². The highest BCUT2D eigenvalue weighted by Crippen LogP contribution is 2.13. The summed E-state index contributed by atoms with van der Waals surface area (Å²) in [5.74, 6) is 5.23. The molecule has 2 aromatic rings. The number of thiophene rings is 2. The molecule has 0 radical (unpaired) electrons. The summed E-state index contributed by atoms with van der Waals surface area (Å²) in [4.78, 5) is 12.6. The fourth-order valence-corrected chi connectivity index (χ4v) is 2.75. The van der Waals surface area contributed by atoms with E-state index in [1.807, 2.05) is 16.8 Å². The van der Waals surface area contributed by atoms with Gasteiger partial charge in [0.05, 0.1) is 10.4 Å². The third kappa shape index (κ3) is 3.44. The lowest BCUT2D eigenvalue weighted by molar-refractivity contribution is 0.0951. The van der Waals surface area contributed by atoms with Gasteiger partial charge in [0.15, 0.2) is 0 Å². The molecule has 2 aromatic heterocycles. The number of carbonyl (C=O) groups is 1. The number of carbonyl (C=O) groups excluding carboxylic acids is 1. The van der Waals surface area contributed by atoms with E-state index < -0.39 is 0 Å². The summed E-state index contributed by atoms with van der Waals surface area (Å²) in [6.45, 7) is 0.368. The van der Waals surface area contributed by atoms with Crippen molar-refractivity contribution in [2.75, 3.05) is 6.61 Å². The standard InChI is InChI=1S/C13H11NO2S2/c15-4-1-2-12-6-11(9-18-12)13(16)14-7-10-3-5-17-8-10/h3,5-6,8-9,15H,4,7H2,(H,14,16). The summed E-state index contributed by atoms with van der Waals surface area (Å²) in [5.41, 5.74) is 1.71. The van der Waals surface area contributed by atoms with Crippen LogP contribution in [0.1, 0.15) is 20.8 Å². The van der Waals surface area contributed by atoms with Crippen molar-refractivity contribution in [1.82, 2.24) is 5.32 Å². The zero-order valence-electron chi connectivity index (χ0n) is 9.47. The maximum atomic E-state index is 11.8. The fourth-order valence-electron chi connectivity index (χ4n) is 1.33. The van der Waals surface area contributed by atoms with E-state index >= 15 is 0 Å². The lowest BCUT2D eigenvalue weighted by Gasteiger charge is -2.00.